The molecule has 1 N–H and O–H groups in total. The highest BCUT2D eigenvalue weighted by Crippen LogP contribution is 2.32. The van der Waals surface area contributed by atoms with Crippen LogP contribution in [0.4, 0.5) is 0 Å². The van der Waals surface area contributed by atoms with Gasteiger partial charge in [-0.2, -0.15) is 0 Å². The molecule has 1 aliphatic carbocycles. The van der Waals surface area contributed by atoms with Gasteiger partial charge < -0.3 is 4.90 Å². The molecule has 0 fully saturated rings. The second kappa shape index (κ2) is 7.80. The number of quaternary nitrogens is 1. The van der Waals surface area contributed by atoms with Crippen LogP contribution in [0, 0.1) is 0 Å². The van der Waals surface area contributed by atoms with E-state index in [1.54, 1.807) is 24.3 Å². The Hall–Kier alpha value is -3.21. The van der Waals surface area contributed by atoms with E-state index >= 15 is 0 Å². The number of carbonyl (C=O) groups excluding carboxylic acids is 2. The topological polar surface area (TPSA) is 41.8 Å². The van der Waals surface area contributed by atoms with Gasteiger partial charge in [0.2, 0.25) is 0 Å². The van der Waals surface area contributed by atoms with Crippen LogP contribution in [0.2, 0.25) is 5.02 Å². The van der Waals surface area contributed by atoms with Gasteiger partial charge in [0.1, 0.15) is 6.04 Å². The van der Waals surface area contributed by atoms with E-state index in [9.17, 15) is 9.59 Å². The highest BCUT2D eigenvalue weighted by Gasteiger charge is 2.36. The lowest BCUT2D eigenvalue weighted by molar-refractivity contribution is -0.905. The van der Waals surface area contributed by atoms with E-state index in [1.807, 2.05) is 30.3 Å². The maximum atomic E-state index is 12.8. The van der Waals surface area contributed by atoms with Gasteiger partial charge in [0.25, 0.3) is 11.8 Å². The summed E-state index contributed by atoms with van der Waals surface area (Å²) in [5, 5.41) is 0.699. The average molecular weight is 430 g/mol. The summed E-state index contributed by atoms with van der Waals surface area (Å²) in [7, 11) is 2.11. The van der Waals surface area contributed by atoms with Crippen LogP contribution in [-0.4, -0.2) is 36.9 Å². The monoisotopic (exact) mass is 429 g/mol. The van der Waals surface area contributed by atoms with Crippen LogP contribution in [0.5, 0.6) is 0 Å². The van der Waals surface area contributed by atoms with Crippen LogP contribution in [0.1, 0.15) is 49.0 Å². The molecule has 0 saturated carbocycles. The molecule has 3 aromatic rings. The Labute approximate surface area is 186 Å². The number of halogens is 1. The quantitative estimate of drug-likeness (QED) is 0.642. The minimum atomic E-state index is -0.209. The van der Waals surface area contributed by atoms with Crippen molar-refractivity contribution >= 4 is 35.6 Å². The third-order valence-corrected chi connectivity index (χ3v) is 6.45. The Morgan fingerprint density at radius 3 is 2.16 bits per heavy atom. The highest BCUT2D eigenvalue weighted by molar-refractivity contribution is 6.30. The van der Waals surface area contributed by atoms with Gasteiger partial charge in [-0.05, 0) is 35.4 Å². The molecule has 1 unspecified atom stereocenters. The van der Waals surface area contributed by atoms with E-state index in [-0.39, 0.29) is 17.9 Å². The van der Waals surface area contributed by atoms with Crippen LogP contribution in [0.25, 0.3) is 12.2 Å². The van der Waals surface area contributed by atoms with Gasteiger partial charge in [0.15, 0.2) is 0 Å². The lowest BCUT2D eigenvalue weighted by Gasteiger charge is -2.28. The largest absolute Gasteiger partial charge is 0.326 e. The highest BCUT2D eigenvalue weighted by atomic mass is 35.5. The summed E-state index contributed by atoms with van der Waals surface area (Å²) in [6.45, 7) is 0.983. The van der Waals surface area contributed by atoms with E-state index in [4.69, 9.17) is 11.6 Å². The number of fused-ring (bicyclic) bond motifs is 3. The summed E-state index contributed by atoms with van der Waals surface area (Å²) in [5.41, 5.74) is 5.64. The average Bonchev–Trinajstić information content (AvgIpc) is 2.92. The van der Waals surface area contributed by atoms with Gasteiger partial charge in [0.05, 0.1) is 31.3 Å². The van der Waals surface area contributed by atoms with Crippen molar-refractivity contribution in [2.45, 2.75) is 6.04 Å². The van der Waals surface area contributed by atoms with E-state index in [1.165, 1.54) is 20.9 Å². The number of rotatable bonds is 4. The molecular formula is C26H22ClN2O2+. The summed E-state index contributed by atoms with van der Waals surface area (Å²) < 4.78 is 0. The molecule has 1 aliphatic heterocycles. The van der Waals surface area contributed by atoms with Crippen LogP contribution in [-0.2, 0) is 0 Å². The number of likely N-dealkylation sites (N-methyl/N-ethyl adjacent to an activating group) is 1. The minimum Gasteiger partial charge on any atom is -0.326 e. The number of amides is 2. The molecule has 3 aromatic carbocycles. The molecule has 0 saturated heterocycles. The second-order valence-electron chi connectivity index (χ2n) is 8.07. The number of hydrogen-bond donors (Lipinski definition) is 1. The van der Waals surface area contributed by atoms with Gasteiger partial charge in [-0.1, -0.05) is 66.2 Å². The van der Waals surface area contributed by atoms with Crippen LogP contribution in [0.3, 0.4) is 0 Å². The summed E-state index contributed by atoms with van der Waals surface area (Å²) >= 11 is 6.37. The first-order valence-electron chi connectivity index (χ1n) is 10.4. The zero-order valence-electron chi connectivity index (χ0n) is 17.1. The molecule has 2 atom stereocenters. The van der Waals surface area contributed by atoms with E-state index in [0.29, 0.717) is 29.2 Å². The van der Waals surface area contributed by atoms with Crippen molar-refractivity contribution in [1.82, 2.24) is 4.90 Å². The predicted molar refractivity (Wildman–Crippen MR) is 122 cm³/mol. The molecule has 154 valence electrons. The number of hydrogen-bond acceptors (Lipinski definition) is 2. The van der Waals surface area contributed by atoms with E-state index in [2.05, 4.69) is 31.3 Å². The van der Waals surface area contributed by atoms with Gasteiger partial charge in [-0.15, -0.1) is 0 Å². The number of imide groups is 1. The SMILES string of the molecule is C[NH+](CCN1C(=O)c2ccccc2C1=O)[C@@H]1c2ccccc2C=Cc2ccc(Cl)cc21. The van der Waals surface area contributed by atoms with Crippen LogP contribution in [0.15, 0.2) is 66.7 Å². The fraction of sp³-hybridized carbons (Fsp3) is 0.154. The molecule has 2 aliphatic rings. The van der Waals surface area contributed by atoms with Gasteiger partial charge >= 0.3 is 0 Å². The maximum Gasteiger partial charge on any atom is 0.261 e. The molecule has 31 heavy (non-hydrogen) atoms. The Kier molecular flexibility index (Phi) is 4.97. The first-order chi connectivity index (χ1) is 15.0. The summed E-state index contributed by atoms with van der Waals surface area (Å²) in [6, 6.07) is 21.4. The maximum absolute atomic E-state index is 12.8. The molecule has 0 bridgehead atoms. The molecule has 0 radical (unpaired) electrons. The Bertz CT molecular complexity index is 1200. The van der Waals surface area contributed by atoms with Crippen molar-refractivity contribution in [3.8, 4) is 0 Å². The number of nitrogens with one attached hydrogen (secondary N) is 1. The standard InChI is InChI=1S/C26H21ClN2O2/c1-28(14-15-29-25(30)21-8-4-5-9-22(21)26(29)31)24-20-7-3-2-6-17(20)10-11-18-12-13-19(27)16-23(18)24/h2-13,16,24H,14-15H2,1H3/p+1/t24-/m1/s1. The normalized spacial score (nSPS) is 17.7. The van der Waals surface area contributed by atoms with Crippen molar-refractivity contribution in [1.29, 1.82) is 0 Å². The molecular weight excluding hydrogens is 408 g/mol. The summed E-state index contributed by atoms with van der Waals surface area (Å²) in [4.78, 5) is 28.1. The van der Waals surface area contributed by atoms with Crippen molar-refractivity contribution in [3.63, 3.8) is 0 Å². The third-order valence-electron chi connectivity index (χ3n) is 6.21. The van der Waals surface area contributed by atoms with Gasteiger partial charge in [-0.25, -0.2) is 0 Å². The zero-order valence-corrected chi connectivity index (χ0v) is 17.9. The van der Waals surface area contributed by atoms with Crippen molar-refractivity contribution in [3.05, 3.63) is 105 Å². The first kappa shape index (κ1) is 19.7. The molecule has 0 aromatic heterocycles. The Morgan fingerprint density at radius 1 is 0.839 bits per heavy atom. The lowest BCUT2D eigenvalue weighted by Crippen LogP contribution is -3.10. The van der Waals surface area contributed by atoms with Crippen molar-refractivity contribution < 1.29 is 14.5 Å². The zero-order chi connectivity index (χ0) is 21.5. The smallest absolute Gasteiger partial charge is 0.261 e. The number of carbonyl (C=O) groups is 2. The Morgan fingerprint density at radius 2 is 1.45 bits per heavy atom. The molecule has 2 amide bonds. The second-order valence-corrected chi connectivity index (χ2v) is 8.51. The van der Waals surface area contributed by atoms with Gasteiger partial charge in [0, 0.05) is 16.1 Å². The summed E-state index contributed by atoms with van der Waals surface area (Å²) in [5.74, 6) is -0.417. The fourth-order valence-electron chi connectivity index (χ4n) is 4.63. The van der Waals surface area contributed by atoms with E-state index < -0.39 is 0 Å². The third kappa shape index (κ3) is 3.38. The molecule has 5 rings (SSSR count). The van der Waals surface area contributed by atoms with E-state index in [0.717, 1.165) is 11.1 Å². The van der Waals surface area contributed by atoms with Crippen LogP contribution >= 0.6 is 11.6 Å². The van der Waals surface area contributed by atoms with Crippen molar-refractivity contribution in [2.24, 2.45) is 0 Å². The minimum absolute atomic E-state index is 0.0371. The van der Waals surface area contributed by atoms with Gasteiger partial charge in [-0.3, -0.25) is 14.5 Å². The number of nitrogens with zero attached hydrogens (tertiary/aromatic N) is 1. The molecule has 4 nitrogen and oxygen atoms in total. The van der Waals surface area contributed by atoms with Crippen molar-refractivity contribution in [2.75, 3.05) is 20.1 Å². The number of benzene rings is 3. The fourth-order valence-corrected chi connectivity index (χ4v) is 4.81. The summed E-state index contributed by atoms with van der Waals surface area (Å²) in [6.07, 6.45) is 4.27. The molecule has 1 heterocycles. The molecule has 0 spiro atoms. The molecule has 5 heteroatoms. The van der Waals surface area contributed by atoms with Crippen LogP contribution < -0.4 is 4.90 Å². The first-order valence-corrected chi connectivity index (χ1v) is 10.8. The lowest BCUT2D eigenvalue weighted by atomic mass is 9.93. The predicted octanol–water partition coefficient (Wildman–Crippen LogP) is 3.72. The Balaban J connectivity index is 1.45.